The zero-order valence-corrected chi connectivity index (χ0v) is 9.28. The van der Waals surface area contributed by atoms with E-state index < -0.39 is 18.2 Å². The molecule has 1 atom stereocenters. The first-order valence-electron chi connectivity index (χ1n) is 4.57. The van der Waals surface area contributed by atoms with E-state index in [9.17, 15) is 9.90 Å². The van der Waals surface area contributed by atoms with Crippen LogP contribution in [-0.4, -0.2) is 60.7 Å². The molecule has 1 unspecified atom stereocenters. The number of carboxylic acids is 1. The number of ether oxygens (including phenoxy) is 1. The van der Waals surface area contributed by atoms with Gasteiger partial charge in [-0.05, 0) is 6.92 Å². The van der Waals surface area contributed by atoms with E-state index in [-0.39, 0.29) is 6.54 Å². The van der Waals surface area contributed by atoms with E-state index in [0.29, 0.717) is 11.1 Å². The minimum atomic E-state index is -1.57. The number of carboxylic acid groups (broad SMARTS) is 1. The first-order chi connectivity index (χ1) is 6.18. The van der Waals surface area contributed by atoms with Crippen molar-refractivity contribution in [1.82, 2.24) is 0 Å². The van der Waals surface area contributed by atoms with Crippen LogP contribution >= 0.6 is 0 Å². The zero-order valence-electron chi connectivity index (χ0n) is 9.28. The third-order valence-corrected chi connectivity index (χ3v) is 1.56. The summed E-state index contributed by atoms with van der Waals surface area (Å²) in [7, 11) is 5.60. The van der Waals surface area contributed by atoms with Crippen LogP contribution in [0.4, 0.5) is 0 Å². The maximum absolute atomic E-state index is 10.5. The molecule has 0 aliphatic carbocycles. The fourth-order valence-electron chi connectivity index (χ4n) is 1.40. The molecule has 5 nitrogen and oxygen atoms in total. The van der Waals surface area contributed by atoms with Gasteiger partial charge in [-0.3, -0.25) is 4.79 Å². The second-order valence-corrected chi connectivity index (χ2v) is 4.40. The third-order valence-electron chi connectivity index (χ3n) is 1.56. The normalized spacial score (nSPS) is 16.4. The average Bonchev–Trinajstić information content (AvgIpc) is 1.78. The van der Waals surface area contributed by atoms with Crippen LogP contribution in [0.2, 0.25) is 0 Å². The van der Waals surface area contributed by atoms with Crippen molar-refractivity contribution in [2.75, 3.05) is 34.3 Å². The lowest BCUT2D eigenvalue weighted by molar-refractivity contribution is -0.881. The molecule has 0 aromatic heterocycles. The monoisotopic (exact) mass is 206 g/mol. The molecule has 0 heterocycles. The van der Waals surface area contributed by atoms with Crippen molar-refractivity contribution >= 4 is 5.97 Å². The van der Waals surface area contributed by atoms with Gasteiger partial charge in [-0.15, -0.1) is 0 Å². The molecule has 2 N–H and O–H groups in total. The smallest absolute Gasteiger partial charge is 0.309 e. The number of hydrogen-bond donors (Lipinski definition) is 2. The summed E-state index contributed by atoms with van der Waals surface area (Å²) in [5.41, 5.74) is 0. The molecule has 5 heteroatoms. The molecular formula is C9H20NO4+. The van der Waals surface area contributed by atoms with Crippen LogP contribution in [0.5, 0.6) is 0 Å². The summed E-state index contributed by atoms with van der Waals surface area (Å²) in [6.45, 7) is 2.26. The maximum atomic E-state index is 10.5. The molecule has 0 fully saturated rings. The fraction of sp³-hybridized carbons (Fsp3) is 0.889. The number of aliphatic hydroxyl groups is 1. The van der Waals surface area contributed by atoms with Crippen molar-refractivity contribution in [2.45, 2.75) is 19.1 Å². The summed E-state index contributed by atoms with van der Waals surface area (Å²) in [6, 6.07) is 0. The molecule has 14 heavy (non-hydrogen) atoms. The Balaban J connectivity index is 4.46. The Bertz CT molecular complexity index is 199. The number of hydrogen-bond acceptors (Lipinski definition) is 3. The van der Waals surface area contributed by atoms with Crippen LogP contribution < -0.4 is 0 Å². The number of aliphatic carboxylic acids is 1. The largest absolute Gasteiger partial charge is 0.481 e. The molecule has 0 aliphatic heterocycles. The van der Waals surface area contributed by atoms with E-state index in [1.54, 1.807) is 6.92 Å². The van der Waals surface area contributed by atoms with Gasteiger partial charge in [0, 0.05) is 6.61 Å². The van der Waals surface area contributed by atoms with Gasteiger partial charge in [0.15, 0.2) is 0 Å². The molecule has 0 spiro atoms. The molecule has 0 rings (SSSR count). The summed E-state index contributed by atoms with van der Waals surface area (Å²) in [4.78, 5) is 10.5. The van der Waals surface area contributed by atoms with Gasteiger partial charge >= 0.3 is 5.97 Å². The summed E-state index contributed by atoms with van der Waals surface area (Å²) in [6.07, 6.45) is -0.393. The van der Waals surface area contributed by atoms with Gasteiger partial charge in [0.2, 0.25) is 5.79 Å². The highest BCUT2D eigenvalue weighted by atomic mass is 16.6. The molecule has 0 radical (unpaired) electrons. The van der Waals surface area contributed by atoms with Crippen molar-refractivity contribution < 1.29 is 24.2 Å². The molecule has 0 bridgehead atoms. The van der Waals surface area contributed by atoms with E-state index in [2.05, 4.69) is 0 Å². The molecule has 0 aromatic rings. The Hall–Kier alpha value is -0.650. The van der Waals surface area contributed by atoms with Crippen molar-refractivity contribution in [3.63, 3.8) is 0 Å². The number of carbonyl (C=O) groups is 1. The second-order valence-electron chi connectivity index (χ2n) is 4.40. The first kappa shape index (κ1) is 13.4. The number of rotatable bonds is 6. The first-order valence-corrected chi connectivity index (χ1v) is 4.57. The Kier molecular flexibility index (Phi) is 4.51. The van der Waals surface area contributed by atoms with Crippen LogP contribution in [0.25, 0.3) is 0 Å². The molecule has 84 valence electrons. The van der Waals surface area contributed by atoms with Crippen molar-refractivity contribution in [3.05, 3.63) is 0 Å². The van der Waals surface area contributed by atoms with Crippen molar-refractivity contribution in [1.29, 1.82) is 0 Å². The van der Waals surface area contributed by atoms with Crippen LogP contribution in [-0.2, 0) is 9.53 Å². The molecule has 0 saturated carbocycles. The lowest BCUT2D eigenvalue weighted by Gasteiger charge is -2.34. The Morgan fingerprint density at radius 2 is 1.93 bits per heavy atom. The summed E-state index contributed by atoms with van der Waals surface area (Å²) >= 11 is 0. The minimum Gasteiger partial charge on any atom is -0.481 e. The third kappa shape index (κ3) is 5.90. The summed E-state index contributed by atoms with van der Waals surface area (Å²) in [5, 5.41) is 18.5. The van der Waals surface area contributed by atoms with Gasteiger partial charge < -0.3 is 19.4 Å². The quantitative estimate of drug-likeness (QED) is 0.470. The average molecular weight is 206 g/mol. The maximum Gasteiger partial charge on any atom is 0.309 e. The van der Waals surface area contributed by atoms with Crippen molar-refractivity contribution in [3.8, 4) is 0 Å². The molecule has 0 amide bonds. The standard InChI is InChI=1S/C9H19NO4/c1-5-14-9(13,6-8(11)12)7-10(2,3)4/h13H,5-7H2,1-4H3/p+1. The van der Waals surface area contributed by atoms with E-state index in [0.717, 1.165) is 0 Å². The van der Waals surface area contributed by atoms with E-state index in [1.165, 1.54) is 0 Å². The second kappa shape index (κ2) is 4.72. The van der Waals surface area contributed by atoms with Gasteiger partial charge in [0.1, 0.15) is 13.0 Å². The molecule has 0 saturated heterocycles. The number of quaternary nitrogens is 1. The molecular weight excluding hydrogens is 186 g/mol. The molecule has 0 aromatic carbocycles. The van der Waals surface area contributed by atoms with Gasteiger partial charge in [-0.2, -0.15) is 0 Å². The van der Waals surface area contributed by atoms with Gasteiger partial charge in [0.05, 0.1) is 21.1 Å². The predicted molar refractivity (Wildman–Crippen MR) is 51.7 cm³/mol. The highest BCUT2D eigenvalue weighted by Crippen LogP contribution is 2.15. The van der Waals surface area contributed by atoms with E-state index in [4.69, 9.17) is 9.84 Å². The summed E-state index contributed by atoms with van der Waals surface area (Å²) in [5.74, 6) is -2.63. The van der Waals surface area contributed by atoms with Crippen molar-refractivity contribution in [2.24, 2.45) is 0 Å². The highest BCUT2D eigenvalue weighted by Gasteiger charge is 2.36. The van der Waals surface area contributed by atoms with E-state index in [1.807, 2.05) is 21.1 Å². The molecule has 0 aliphatic rings. The van der Waals surface area contributed by atoms with Crippen LogP contribution in [0.15, 0.2) is 0 Å². The topological polar surface area (TPSA) is 66.8 Å². The Morgan fingerprint density at radius 1 is 1.43 bits per heavy atom. The zero-order chi connectivity index (χ0) is 11.4. The Morgan fingerprint density at radius 3 is 2.21 bits per heavy atom. The number of nitrogens with zero attached hydrogens (tertiary/aromatic N) is 1. The summed E-state index contributed by atoms with van der Waals surface area (Å²) < 4.78 is 5.52. The fourth-order valence-corrected chi connectivity index (χ4v) is 1.40. The van der Waals surface area contributed by atoms with Crippen LogP contribution in [0.3, 0.4) is 0 Å². The number of likely N-dealkylation sites (N-methyl/N-ethyl adjacent to an activating group) is 1. The van der Waals surface area contributed by atoms with Gasteiger partial charge in [-0.25, -0.2) is 0 Å². The SMILES string of the molecule is CCOC(O)(CC(=O)O)C[N+](C)(C)C. The predicted octanol–water partition coefficient (Wildman–Crippen LogP) is -0.108. The van der Waals surface area contributed by atoms with Crippen LogP contribution in [0, 0.1) is 0 Å². The Labute approximate surface area is 84.5 Å². The van der Waals surface area contributed by atoms with E-state index >= 15 is 0 Å². The van der Waals surface area contributed by atoms with Crippen LogP contribution in [0.1, 0.15) is 13.3 Å². The van der Waals surface area contributed by atoms with Gasteiger partial charge in [-0.1, -0.05) is 0 Å². The minimum absolute atomic E-state index is 0.243. The lowest BCUT2D eigenvalue weighted by atomic mass is 10.1. The van der Waals surface area contributed by atoms with Gasteiger partial charge in [0.25, 0.3) is 0 Å². The highest BCUT2D eigenvalue weighted by molar-refractivity contribution is 5.67. The lowest BCUT2D eigenvalue weighted by Crippen LogP contribution is -2.51.